The van der Waals surface area contributed by atoms with Gasteiger partial charge in [-0.15, -0.1) is 0 Å². The molecule has 0 spiro atoms. The molecule has 0 atom stereocenters. The van der Waals surface area contributed by atoms with Crippen LogP contribution in [0.3, 0.4) is 0 Å². The molecule has 3 aromatic carbocycles. The van der Waals surface area contributed by atoms with Gasteiger partial charge in [0.05, 0.1) is 24.5 Å². The first-order valence-corrected chi connectivity index (χ1v) is 11.0. The molecule has 8 nitrogen and oxygen atoms in total. The zero-order valence-electron chi connectivity index (χ0n) is 18.2. The molecule has 1 heterocycles. The minimum Gasteiger partial charge on any atom is -0.495 e. The summed E-state index contributed by atoms with van der Waals surface area (Å²) in [7, 11) is 1.55. The molecule has 168 valence electrons. The van der Waals surface area contributed by atoms with Crippen molar-refractivity contribution in [3.8, 4) is 5.75 Å². The van der Waals surface area contributed by atoms with Gasteiger partial charge in [0.1, 0.15) is 16.8 Å². The summed E-state index contributed by atoms with van der Waals surface area (Å²) in [5.74, 6) is 0.0637. The predicted molar refractivity (Wildman–Crippen MR) is 130 cm³/mol. The van der Waals surface area contributed by atoms with Crippen LogP contribution >= 0.6 is 11.7 Å². The first-order valence-electron chi connectivity index (χ1n) is 10.3. The number of para-hydroxylation sites is 2. The molecule has 1 aromatic heterocycles. The van der Waals surface area contributed by atoms with Crippen molar-refractivity contribution in [2.45, 2.75) is 20.0 Å². The van der Waals surface area contributed by atoms with Crippen LogP contribution in [0.1, 0.15) is 28.4 Å². The van der Waals surface area contributed by atoms with Gasteiger partial charge in [0.25, 0.3) is 5.91 Å². The summed E-state index contributed by atoms with van der Waals surface area (Å²) in [4.78, 5) is 24.6. The van der Waals surface area contributed by atoms with Crippen LogP contribution in [0.15, 0.2) is 60.7 Å². The lowest BCUT2D eigenvalue weighted by Gasteiger charge is -2.13. The van der Waals surface area contributed by atoms with E-state index < -0.39 is 0 Å². The lowest BCUT2D eigenvalue weighted by atomic mass is 10.1. The van der Waals surface area contributed by atoms with Crippen molar-refractivity contribution >= 4 is 46.0 Å². The Morgan fingerprint density at radius 1 is 0.909 bits per heavy atom. The first-order chi connectivity index (χ1) is 16.0. The summed E-state index contributed by atoms with van der Waals surface area (Å²) in [6, 6.07) is 18.5. The van der Waals surface area contributed by atoms with Gasteiger partial charge in [-0.1, -0.05) is 18.2 Å². The smallest absolute Gasteiger partial charge is 0.255 e. The molecular weight excluding hydrogens is 438 g/mol. The van der Waals surface area contributed by atoms with Gasteiger partial charge in [-0.3, -0.25) is 9.59 Å². The Kier molecular flexibility index (Phi) is 6.92. The summed E-state index contributed by atoms with van der Waals surface area (Å²) in [6.07, 6.45) is 0. The highest BCUT2D eigenvalue weighted by molar-refractivity contribution is 7.00. The van der Waals surface area contributed by atoms with Crippen LogP contribution in [-0.4, -0.2) is 27.7 Å². The average Bonchev–Trinajstić information content (AvgIpc) is 3.27. The topological polar surface area (TPSA) is 105 Å². The van der Waals surface area contributed by atoms with Gasteiger partial charge >= 0.3 is 0 Å². The van der Waals surface area contributed by atoms with E-state index in [1.54, 1.807) is 31.4 Å². The van der Waals surface area contributed by atoms with Crippen LogP contribution in [0.4, 0.5) is 11.4 Å². The van der Waals surface area contributed by atoms with Crippen molar-refractivity contribution < 1.29 is 14.3 Å². The Morgan fingerprint density at radius 2 is 1.70 bits per heavy atom. The number of methoxy groups -OCH3 is 1. The minimum atomic E-state index is -0.297. The molecule has 33 heavy (non-hydrogen) atoms. The second-order valence-corrected chi connectivity index (χ2v) is 7.97. The van der Waals surface area contributed by atoms with Gasteiger partial charge in [-0.25, -0.2) is 0 Å². The predicted octanol–water partition coefficient (Wildman–Crippen LogP) is 4.20. The third-order valence-corrected chi connectivity index (χ3v) is 5.46. The summed E-state index contributed by atoms with van der Waals surface area (Å²) in [6.45, 7) is 2.57. The standard InChI is InChI=1S/C24H23N5O3S/c1-15(30)26-19-10-17(14-25-13-16-7-8-20-22(11-16)29-33-28-20)9-18(12-19)24(31)27-21-5-3-4-6-23(21)32-2/h3-12,25H,13-14H2,1-2H3,(H,26,30)(H,27,31). The molecule has 0 fully saturated rings. The fraction of sp³-hybridized carbons (Fsp3) is 0.167. The van der Waals surface area contributed by atoms with Gasteiger partial charge in [0.2, 0.25) is 5.91 Å². The van der Waals surface area contributed by atoms with E-state index in [1.807, 2.05) is 36.4 Å². The third-order valence-electron chi connectivity index (χ3n) is 4.91. The molecule has 2 amide bonds. The Hall–Kier alpha value is -3.82. The first kappa shape index (κ1) is 22.4. The van der Waals surface area contributed by atoms with Crippen molar-refractivity contribution in [3.63, 3.8) is 0 Å². The van der Waals surface area contributed by atoms with Crippen LogP contribution < -0.4 is 20.7 Å². The van der Waals surface area contributed by atoms with Crippen molar-refractivity contribution in [2.75, 3.05) is 17.7 Å². The highest BCUT2D eigenvalue weighted by atomic mass is 32.1. The average molecular weight is 462 g/mol. The van der Waals surface area contributed by atoms with E-state index in [4.69, 9.17) is 4.74 Å². The molecule has 3 N–H and O–H groups in total. The number of carbonyl (C=O) groups excluding carboxylic acids is 2. The fourth-order valence-corrected chi connectivity index (χ4v) is 3.95. The molecule has 0 radical (unpaired) electrons. The van der Waals surface area contributed by atoms with Gasteiger partial charge in [-0.2, -0.15) is 8.75 Å². The second-order valence-electron chi connectivity index (χ2n) is 7.45. The Balaban J connectivity index is 1.50. The van der Waals surface area contributed by atoms with E-state index >= 15 is 0 Å². The highest BCUT2D eigenvalue weighted by Crippen LogP contribution is 2.24. The van der Waals surface area contributed by atoms with Gasteiger partial charge < -0.3 is 20.7 Å². The number of amides is 2. The number of hydrogen-bond donors (Lipinski definition) is 3. The molecule has 0 aliphatic rings. The summed E-state index contributed by atoms with van der Waals surface area (Å²) >= 11 is 1.20. The summed E-state index contributed by atoms with van der Waals surface area (Å²) < 4.78 is 13.8. The molecular formula is C24H23N5O3S. The molecule has 0 saturated heterocycles. The summed E-state index contributed by atoms with van der Waals surface area (Å²) in [5.41, 5.74) is 5.27. The van der Waals surface area contributed by atoms with E-state index in [9.17, 15) is 9.59 Å². The van der Waals surface area contributed by atoms with Gasteiger partial charge in [0.15, 0.2) is 0 Å². The molecule has 0 aliphatic carbocycles. The number of rotatable bonds is 8. The maximum absolute atomic E-state index is 13.0. The minimum absolute atomic E-state index is 0.207. The van der Waals surface area contributed by atoms with E-state index in [0.29, 0.717) is 35.8 Å². The number of nitrogens with one attached hydrogen (secondary N) is 3. The maximum Gasteiger partial charge on any atom is 0.255 e. The number of aromatic nitrogens is 2. The largest absolute Gasteiger partial charge is 0.495 e. The Bertz CT molecular complexity index is 1300. The fourth-order valence-electron chi connectivity index (χ4n) is 3.43. The molecule has 0 bridgehead atoms. The van der Waals surface area contributed by atoms with Crippen LogP contribution in [0, 0.1) is 0 Å². The lowest BCUT2D eigenvalue weighted by molar-refractivity contribution is -0.114. The SMILES string of the molecule is COc1ccccc1NC(=O)c1cc(CNCc2ccc3nsnc3c2)cc(NC(C)=O)c1. The highest BCUT2D eigenvalue weighted by Gasteiger charge is 2.12. The normalized spacial score (nSPS) is 10.7. The van der Waals surface area contributed by atoms with Crippen LogP contribution in [-0.2, 0) is 17.9 Å². The lowest BCUT2D eigenvalue weighted by Crippen LogP contribution is -2.17. The zero-order chi connectivity index (χ0) is 23.2. The number of nitrogens with zero attached hydrogens (tertiary/aromatic N) is 2. The number of ether oxygens (including phenoxy) is 1. The zero-order valence-corrected chi connectivity index (χ0v) is 19.0. The van der Waals surface area contributed by atoms with Gasteiger partial charge in [-0.05, 0) is 53.6 Å². The van der Waals surface area contributed by atoms with Gasteiger partial charge in [0, 0.05) is 31.3 Å². The van der Waals surface area contributed by atoms with Crippen molar-refractivity contribution in [2.24, 2.45) is 0 Å². The molecule has 4 rings (SSSR count). The van der Waals surface area contributed by atoms with Crippen LogP contribution in [0.25, 0.3) is 11.0 Å². The number of hydrogen-bond acceptors (Lipinski definition) is 7. The number of benzene rings is 3. The molecule has 4 aromatic rings. The van der Waals surface area contributed by atoms with Crippen molar-refractivity contribution in [3.05, 3.63) is 77.4 Å². The number of anilines is 2. The number of carbonyl (C=O) groups is 2. The third kappa shape index (κ3) is 5.71. The second kappa shape index (κ2) is 10.2. The van der Waals surface area contributed by atoms with E-state index in [-0.39, 0.29) is 11.8 Å². The Morgan fingerprint density at radius 3 is 2.52 bits per heavy atom. The number of fused-ring (bicyclic) bond motifs is 1. The van der Waals surface area contributed by atoms with Crippen LogP contribution in [0.5, 0.6) is 5.75 Å². The monoisotopic (exact) mass is 461 g/mol. The van der Waals surface area contributed by atoms with Crippen molar-refractivity contribution in [1.82, 2.24) is 14.1 Å². The molecule has 0 unspecified atom stereocenters. The Labute approximate surface area is 195 Å². The quantitative estimate of drug-likeness (QED) is 0.363. The van der Waals surface area contributed by atoms with Crippen LogP contribution in [0.2, 0.25) is 0 Å². The summed E-state index contributed by atoms with van der Waals surface area (Å²) in [5, 5.41) is 9.02. The van der Waals surface area contributed by atoms with E-state index in [1.165, 1.54) is 18.7 Å². The maximum atomic E-state index is 13.0. The van der Waals surface area contributed by atoms with E-state index in [0.717, 1.165) is 22.2 Å². The molecule has 0 saturated carbocycles. The van der Waals surface area contributed by atoms with Crippen molar-refractivity contribution in [1.29, 1.82) is 0 Å². The molecule has 0 aliphatic heterocycles. The van der Waals surface area contributed by atoms with E-state index in [2.05, 4.69) is 24.7 Å². The molecule has 9 heteroatoms.